The van der Waals surface area contributed by atoms with Gasteiger partial charge in [-0.15, -0.1) is 0 Å². The number of nitrogens with two attached hydrogens (primary N) is 1. The van der Waals surface area contributed by atoms with Gasteiger partial charge in [0, 0.05) is 0 Å². The van der Waals surface area contributed by atoms with Gasteiger partial charge in [0.25, 0.3) is 0 Å². The van der Waals surface area contributed by atoms with Crippen molar-refractivity contribution in [1.29, 1.82) is 0 Å². The van der Waals surface area contributed by atoms with Gasteiger partial charge in [0.1, 0.15) is 6.10 Å². The fraction of sp³-hybridized carbons (Fsp3) is 0.600. The highest BCUT2D eigenvalue weighted by Gasteiger charge is 2.46. The number of benzene rings is 1. The quantitative estimate of drug-likeness (QED) is 0.415. The Balaban J connectivity index is 2.67. The fourth-order valence-corrected chi connectivity index (χ4v) is 3.42. The van der Waals surface area contributed by atoms with E-state index in [-0.39, 0.29) is 26.1 Å². The molecule has 1 rings (SSSR count). The summed E-state index contributed by atoms with van der Waals surface area (Å²) in [4.78, 5) is 23.8. The molecule has 23 heavy (non-hydrogen) atoms. The van der Waals surface area contributed by atoms with Gasteiger partial charge in [0.2, 0.25) is 0 Å². The highest BCUT2D eigenvalue weighted by Crippen LogP contribution is 2.55. The van der Waals surface area contributed by atoms with Gasteiger partial charge in [0.05, 0.1) is 19.8 Å². The zero-order valence-corrected chi connectivity index (χ0v) is 14.4. The fourth-order valence-electron chi connectivity index (χ4n) is 2.31. The zero-order chi connectivity index (χ0) is 17.3. The Morgan fingerprint density at radius 2 is 1.78 bits per heavy atom. The largest absolute Gasteiger partial charge is 0.374 e. The molecular formula is C15H26NO6P. The Kier molecular flexibility index (Phi) is 8.36. The molecule has 0 radical (unpaired) electrons. The monoisotopic (exact) mass is 347 g/mol. The molecule has 0 aliphatic carbocycles. The zero-order valence-electron chi connectivity index (χ0n) is 13.6. The van der Waals surface area contributed by atoms with E-state index in [9.17, 15) is 14.4 Å². The smallest absolute Gasteiger partial charge is 0.357 e. The minimum atomic E-state index is -4.45. The lowest BCUT2D eigenvalue weighted by Gasteiger charge is -2.35. The van der Waals surface area contributed by atoms with Crippen LogP contribution in [0.3, 0.4) is 0 Å². The summed E-state index contributed by atoms with van der Waals surface area (Å²) in [5.74, 6) is 5.09. The van der Waals surface area contributed by atoms with Crippen LogP contribution < -0.4 is 5.90 Å². The van der Waals surface area contributed by atoms with E-state index in [1.54, 1.807) is 13.8 Å². The molecule has 0 aliphatic heterocycles. The maximum Gasteiger partial charge on any atom is 0.357 e. The van der Waals surface area contributed by atoms with E-state index in [1.165, 1.54) is 0 Å². The number of hydrogen-bond donors (Lipinski definition) is 3. The van der Waals surface area contributed by atoms with Gasteiger partial charge < -0.3 is 24.1 Å². The molecule has 0 saturated heterocycles. The van der Waals surface area contributed by atoms with E-state index in [4.69, 9.17) is 15.4 Å². The summed E-state index contributed by atoms with van der Waals surface area (Å²) in [6.07, 6.45) is -0.322. The highest BCUT2D eigenvalue weighted by molar-refractivity contribution is 7.53. The van der Waals surface area contributed by atoms with Crippen molar-refractivity contribution in [1.82, 2.24) is 0 Å². The van der Waals surface area contributed by atoms with Crippen LogP contribution in [-0.4, -0.2) is 34.4 Å². The number of ether oxygens (including phenoxy) is 2. The van der Waals surface area contributed by atoms with E-state index in [1.807, 2.05) is 30.3 Å². The molecule has 0 saturated carbocycles. The van der Waals surface area contributed by atoms with Crippen LogP contribution in [0.5, 0.6) is 0 Å². The van der Waals surface area contributed by atoms with Crippen LogP contribution in [0.25, 0.3) is 0 Å². The Labute approximate surface area is 136 Å². The van der Waals surface area contributed by atoms with Gasteiger partial charge in [-0.1, -0.05) is 44.2 Å². The molecular weight excluding hydrogens is 321 g/mol. The molecule has 1 atom stereocenters. The van der Waals surface area contributed by atoms with Crippen molar-refractivity contribution in [3.63, 3.8) is 0 Å². The summed E-state index contributed by atoms with van der Waals surface area (Å²) in [6, 6.07) is 9.57. The standard InChI is InChI=1S/C15H26NO6P/c1-3-15(4-2,23(17,18)19)22-14(12-21-16)11-20-10-13-8-6-5-7-9-13/h5-9,14H,3-4,10-12,16H2,1-2H3,(H2,17,18,19). The molecule has 1 unspecified atom stereocenters. The molecule has 7 nitrogen and oxygen atoms in total. The average Bonchev–Trinajstić information content (AvgIpc) is 2.52. The normalized spacial score (nSPS) is 14.0. The first-order chi connectivity index (χ1) is 10.9. The van der Waals surface area contributed by atoms with Gasteiger partial charge in [-0.3, -0.25) is 4.57 Å². The Bertz CT molecular complexity index is 488. The minimum absolute atomic E-state index is 0.0173. The average molecular weight is 347 g/mol. The third-order valence-electron chi connectivity index (χ3n) is 3.72. The van der Waals surface area contributed by atoms with E-state index >= 15 is 0 Å². The maximum absolute atomic E-state index is 11.8. The van der Waals surface area contributed by atoms with Crippen LogP contribution in [-0.2, 0) is 25.5 Å². The first-order valence-corrected chi connectivity index (χ1v) is 9.16. The molecule has 0 bridgehead atoms. The second-order valence-corrected chi connectivity index (χ2v) is 7.17. The van der Waals surface area contributed by atoms with Crippen LogP contribution >= 0.6 is 7.60 Å². The van der Waals surface area contributed by atoms with Crippen molar-refractivity contribution < 1.29 is 28.7 Å². The molecule has 0 spiro atoms. The summed E-state index contributed by atoms with van der Waals surface area (Å²) < 4.78 is 23.1. The topological polar surface area (TPSA) is 111 Å². The summed E-state index contributed by atoms with van der Waals surface area (Å²) in [6.45, 7) is 3.82. The predicted molar refractivity (Wildman–Crippen MR) is 86.5 cm³/mol. The second-order valence-electron chi connectivity index (χ2n) is 5.27. The molecule has 8 heteroatoms. The first kappa shape index (κ1) is 20.3. The maximum atomic E-state index is 11.8. The molecule has 132 valence electrons. The SMILES string of the molecule is CCC(CC)(OC(CON)COCc1ccccc1)P(=O)(O)O. The van der Waals surface area contributed by atoms with Gasteiger partial charge in [0.15, 0.2) is 5.34 Å². The highest BCUT2D eigenvalue weighted by atomic mass is 31.2. The third kappa shape index (κ3) is 5.97. The van der Waals surface area contributed by atoms with Gasteiger partial charge >= 0.3 is 7.60 Å². The predicted octanol–water partition coefficient (Wildman–Crippen LogP) is 2.17. The van der Waals surface area contributed by atoms with E-state index < -0.39 is 19.0 Å². The van der Waals surface area contributed by atoms with Gasteiger partial charge in [-0.2, -0.15) is 0 Å². The van der Waals surface area contributed by atoms with Crippen molar-refractivity contribution in [3.8, 4) is 0 Å². The molecule has 4 N–H and O–H groups in total. The van der Waals surface area contributed by atoms with E-state index in [2.05, 4.69) is 4.84 Å². The lowest BCUT2D eigenvalue weighted by atomic mass is 10.2. The Hall–Kier alpha value is -0.790. The van der Waals surface area contributed by atoms with Crippen molar-refractivity contribution >= 4 is 7.60 Å². The summed E-state index contributed by atoms with van der Waals surface area (Å²) in [5.41, 5.74) is 0.993. The minimum Gasteiger partial charge on any atom is -0.374 e. The third-order valence-corrected chi connectivity index (χ3v) is 5.52. The summed E-state index contributed by atoms with van der Waals surface area (Å²) in [5, 5.41) is -1.55. The molecule has 0 aliphatic rings. The van der Waals surface area contributed by atoms with Crippen LogP contribution in [0.1, 0.15) is 32.3 Å². The Morgan fingerprint density at radius 1 is 1.17 bits per heavy atom. The summed E-state index contributed by atoms with van der Waals surface area (Å²) in [7, 11) is -4.45. The molecule has 0 fully saturated rings. The van der Waals surface area contributed by atoms with Crippen molar-refractivity contribution in [2.24, 2.45) is 5.90 Å². The van der Waals surface area contributed by atoms with E-state index in [0.29, 0.717) is 6.61 Å². The molecule has 1 aromatic carbocycles. The second kappa shape index (κ2) is 9.49. The lowest BCUT2D eigenvalue weighted by molar-refractivity contribution is -0.120. The van der Waals surface area contributed by atoms with Gasteiger partial charge in [-0.25, -0.2) is 5.90 Å². The van der Waals surface area contributed by atoms with Crippen LogP contribution in [0.4, 0.5) is 0 Å². The number of hydrogen-bond acceptors (Lipinski definition) is 5. The van der Waals surface area contributed by atoms with Crippen LogP contribution in [0, 0.1) is 0 Å². The summed E-state index contributed by atoms with van der Waals surface area (Å²) >= 11 is 0. The van der Waals surface area contributed by atoms with Crippen LogP contribution in [0.15, 0.2) is 30.3 Å². The molecule has 1 aromatic rings. The lowest BCUT2D eigenvalue weighted by Crippen LogP contribution is -2.40. The van der Waals surface area contributed by atoms with E-state index in [0.717, 1.165) is 5.56 Å². The molecule has 0 aromatic heterocycles. The molecule has 0 amide bonds. The van der Waals surface area contributed by atoms with Gasteiger partial charge in [-0.05, 0) is 18.4 Å². The number of rotatable bonds is 11. The van der Waals surface area contributed by atoms with Crippen molar-refractivity contribution in [2.45, 2.75) is 44.7 Å². The molecule has 0 heterocycles. The van der Waals surface area contributed by atoms with Crippen LogP contribution in [0.2, 0.25) is 0 Å². The first-order valence-electron chi connectivity index (χ1n) is 7.55. The Morgan fingerprint density at radius 3 is 2.26 bits per heavy atom. The van der Waals surface area contributed by atoms with Crippen molar-refractivity contribution in [2.75, 3.05) is 13.2 Å². The van der Waals surface area contributed by atoms with Crippen molar-refractivity contribution in [3.05, 3.63) is 35.9 Å².